The Hall–Kier alpha value is 1.39. The molecule has 0 aromatic carbocycles. The van der Waals surface area contributed by atoms with Crippen LogP contribution in [0, 0.1) is 0 Å². The van der Waals surface area contributed by atoms with Crippen LogP contribution in [-0.2, 0) is 35.1 Å². The van der Waals surface area contributed by atoms with E-state index in [4.69, 9.17) is 30.6 Å². The minimum absolute atomic E-state index is 0.112. The van der Waals surface area contributed by atoms with E-state index in [1.54, 1.807) is 0 Å². The van der Waals surface area contributed by atoms with Crippen LogP contribution in [0.4, 0.5) is 0 Å². The van der Waals surface area contributed by atoms with Crippen LogP contribution in [0.25, 0.3) is 0 Å². The van der Waals surface area contributed by atoms with E-state index in [1.807, 2.05) is 39.3 Å². The number of phosphoric acid groups is 1. The molecule has 1 N–H and O–H groups in total. The minimum Gasteiger partial charge on any atom is -0.757 e. The lowest BCUT2D eigenvalue weighted by atomic mass is 10.0. The van der Waals surface area contributed by atoms with Gasteiger partial charge in [0.25, 0.3) is 0 Å². The lowest BCUT2D eigenvalue weighted by Gasteiger charge is -2.45. The standard InChI is InChI=1S/C21H54O6Si5.C6H19O4PSi2/c1-28(2,3)23-17-19(25-30(7,8)9)21(27-32(13,14)15)20(26-31(10,11)12)18(16-22)24-29(4,5)6;1-12(2,3)9-11(7,8)10-13(4,5)6/h18-22H,16-17H2,1-15H3;1-6H3,(H,7,8)/p-1/t18-,19+,20-,21-;/m1./s1. The molecule has 0 aliphatic carbocycles. The summed E-state index contributed by atoms with van der Waals surface area (Å²) in [7, 11) is -17.8. The summed E-state index contributed by atoms with van der Waals surface area (Å²) in [5.41, 5.74) is 0. The molecule has 10 nitrogen and oxygen atoms in total. The van der Waals surface area contributed by atoms with E-state index in [-0.39, 0.29) is 18.8 Å². The normalized spacial score (nSPS) is 17.3. The third-order valence-corrected chi connectivity index (χ3v) is 15.9. The molecule has 0 aliphatic rings. The summed E-state index contributed by atoms with van der Waals surface area (Å²) in [6.07, 6.45) is -1.53. The molecule has 0 amide bonds. The Kier molecular flexibility index (Phi) is 19.5. The van der Waals surface area contributed by atoms with E-state index in [0.717, 1.165) is 0 Å². The zero-order valence-electron chi connectivity index (χ0n) is 32.8. The molecule has 0 aromatic heterocycles. The molecule has 0 saturated heterocycles. The van der Waals surface area contributed by atoms with Crippen LogP contribution in [0.3, 0.4) is 0 Å². The molecule has 0 spiro atoms. The highest BCUT2D eigenvalue weighted by Crippen LogP contribution is 2.44. The van der Waals surface area contributed by atoms with Crippen molar-refractivity contribution in [2.24, 2.45) is 0 Å². The van der Waals surface area contributed by atoms with E-state index in [0.29, 0.717) is 6.61 Å². The average Bonchev–Trinajstić information content (AvgIpc) is 2.65. The summed E-state index contributed by atoms with van der Waals surface area (Å²) in [5.74, 6) is 0. The Balaban J connectivity index is 0. The van der Waals surface area contributed by atoms with Crippen LogP contribution in [0.15, 0.2) is 0 Å². The molecule has 0 radical (unpaired) electrons. The number of aliphatic hydroxyl groups is 1. The molecule has 0 aromatic rings. The lowest BCUT2D eigenvalue weighted by Crippen LogP contribution is -2.60. The maximum Gasteiger partial charge on any atom is 0.248 e. The molecule has 0 bridgehead atoms. The highest BCUT2D eigenvalue weighted by atomic mass is 31.2. The Morgan fingerprint density at radius 1 is 0.489 bits per heavy atom. The first-order chi connectivity index (χ1) is 19.3. The van der Waals surface area contributed by atoms with Gasteiger partial charge in [-0.05, 0) is 137 Å². The fraction of sp³-hybridized carbons (Fsp3) is 1.00. The van der Waals surface area contributed by atoms with Crippen molar-refractivity contribution in [1.29, 1.82) is 0 Å². The third-order valence-electron chi connectivity index (χ3n) is 4.68. The highest BCUT2D eigenvalue weighted by Gasteiger charge is 2.44. The summed E-state index contributed by atoms with van der Waals surface area (Å²) in [5, 5.41) is 10.4. The van der Waals surface area contributed by atoms with Crippen LogP contribution >= 0.6 is 7.82 Å². The van der Waals surface area contributed by atoms with Gasteiger partial charge >= 0.3 is 0 Å². The number of rotatable bonds is 19. The summed E-state index contributed by atoms with van der Waals surface area (Å²) < 4.78 is 54.3. The molecule has 45 heavy (non-hydrogen) atoms. The van der Waals surface area contributed by atoms with Crippen LogP contribution in [0.1, 0.15) is 0 Å². The largest absolute Gasteiger partial charge is 0.757 e. The van der Waals surface area contributed by atoms with Gasteiger partial charge in [0.1, 0.15) is 0 Å². The fourth-order valence-corrected chi connectivity index (χ4v) is 14.8. The second-order valence-corrected chi connectivity index (χ2v) is 51.5. The monoisotopic (exact) mass is 783 g/mol. The fourth-order valence-electron chi connectivity index (χ4n) is 3.86. The summed E-state index contributed by atoms with van der Waals surface area (Å²) in [4.78, 5) is 11.3. The van der Waals surface area contributed by atoms with Crippen LogP contribution < -0.4 is 4.89 Å². The van der Waals surface area contributed by atoms with Crippen molar-refractivity contribution in [2.75, 3.05) is 13.2 Å². The molecule has 0 rings (SSSR count). The lowest BCUT2D eigenvalue weighted by molar-refractivity contribution is -0.210. The zero-order valence-corrected chi connectivity index (χ0v) is 40.7. The Morgan fingerprint density at radius 3 is 1.02 bits per heavy atom. The number of hydrogen-bond donors (Lipinski definition) is 1. The van der Waals surface area contributed by atoms with Gasteiger partial charge in [0.15, 0.2) is 58.2 Å². The maximum absolute atomic E-state index is 11.3. The van der Waals surface area contributed by atoms with E-state index in [9.17, 15) is 14.6 Å². The van der Waals surface area contributed by atoms with Gasteiger partial charge in [-0.3, -0.25) is 4.57 Å². The quantitative estimate of drug-likeness (QED) is 0.102. The van der Waals surface area contributed by atoms with Crippen LogP contribution in [0.2, 0.25) is 137 Å². The first kappa shape index (κ1) is 48.5. The Bertz CT molecular complexity index is 877. The van der Waals surface area contributed by atoms with E-state index < -0.39 is 78.3 Å². The third kappa shape index (κ3) is 30.0. The molecule has 0 unspecified atom stereocenters. The Labute approximate surface area is 285 Å². The molecule has 274 valence electrons. The van der Waals surface area contributed by atoms with Gasteiger partial charge in [0, 0.05) is 0 Å². The molecule has 0 heterocycles. The zero-order chi connectivity index (χ0) is 36.7. The van der Waals surface area contributed by atoms with Gasteiger partial charge in [-0.1, -0.05) is 0 Å². The topological polar surface area (TPSA) is 125 Å². The SMILES string of the molecule is C[Si](C)(C)OC[C@H](O[Si](C)(C)C)[C@@H](O[Si](C)(C)C)[C@H](O[Si](C)(C)C)[C@@H](CO)O[Si](C)(C)C.C[Si](C)(C)OP(=O)([O-])O[Si](C)(C)C. The van der Waals surface area contributed by atoms with E-state index in [1.165, 1.54) is 0 Å². The highest BCUT2D eigenvalue weighted by molar-refractivity contribution is 7.49. The van der Waals surface area contributed by atoms with Crippen molar-refractivity contribution < 1.29 is 45.1 Å². The molecule has 4 atom stereocenters. The van der Waals surface area contributed by atoms with Crippen molar-refractivity contribution in [3.63, 3.8) is 0 Å². The molecule has 0 aliphatic heterocycles. The second-order valence-electron chi connectivity index (χ2n) is 18.4. The van der Waals surface area contributed by atoms with Crippen LogP contribution in [-0.4, -0.2) is 101 Å². The van der Waals surface area contributed by atoms with Crippen molar-refractivity contribution in [3.8, 4) is 0 Å². The molecule has 18 heteroatoms. The Morgan fingerprint density at radius 2 is 0.778 bits per heavy atom. The van der Waals surface area contributed by atoms with Gasteiger partial charge < -0.3 is 40.6 Å². The van der Waals surface area contributed by atoms with Crippen molar-refractivity contribution in [1.82, 2.24) is 0 Å². The van der Waals surface area contributed by atoms with Gasteiger partial charge in [0.05, 0.1) is 37.6 Å². The summed E-state index contributed by atoms with van der Waals surface area (Å²) >= 11 is 0. The van der Waals surface area contributed by atoms with Crippen molar-refractivity contribution in [2.45, 2.75) is 162 Å². The maximum atomic E-state index is 11.3. The molecular formula is C27H72O10PSi7-. The summed E-state index contributed by atoms with van der Waals surface area (Å²) in [6.45, 7) is 43.8. The smallest absolute Gasteiger partial charge is 0.248 e. The van der Waals surface area contributed by atoms with Gasteiger partial charge in [-0.2, -0.15) is 0 Å². The molecule has 0 fully saturated rings. The number of hydrogen-bond acceptors (Lipinski definition) is 10. The molecule has 0 saturated carbocycles. The predicted octanol–water partition coefficient (Wildman–Crippen LogP) is 7.87. The minimum atomic E-state index is -4.06. The van der Waals surface area contributed by atoms with Gasteiger partial charge in [0.2, 0.25) is 7.82 Å². The van der Waals surface area contributed by atoms with Crippen molar-refractivity contribution in [3.05, 3.63) is 0 Å². The second kappa shape index (κ2) is 18.1. The first-order valence-corrected chi connectivity index (χ1v) is 41.3. The number of aliphatic hydroxyl groups excluding tert-OH is 1. The predicted molar refractivity (Wildman–Crippen MR) is 206 cm³/mol. The van der Waals surface area contributed by atoms with Crippen LogP contribution in [0.5, 0.6) is 0 Å². The van der Waals surface area contributed by atoms with Gasteiger partial charge in [-0.15, -0.1) is 0 Å². The first-order valence-electron chi connectivity index (χ1n) is 16.0. The average molecular weight is 784 g/mol. The van der Waals surface area contributed by atoms with Gasteiger partial charge in [-0.25, -0.2) is 0 Å². The molecular weight excluding hydrogens is 712 g/mol. The van der Waals surface area contributed by atoms with E-state index in [2.05, 4.69) is 98.2 Å². The van der Waals surface area contributed by atoms with Crippen molar-refractivity contribution >= 4 is 66.0 Å². The van der Waals surface area contributed by atoms with E-state index >= 15 is 0 Å². The summed E-state index contributed by atoms with van der Waals surface area (Å²) in [6, 6.07) is 0.